The highest BCUT2D eigenvalue weighted by Gasteiger charge is 2.39. The summed E-state index contributed by atoms with van der Waals surface area (Å²) in [7, 11) is 3.08. The maximum absolute atomic E-state index is 12.9. The van der Waals surface area contributed by atoms with E-state index in [4.69, 9.17) is 14.6 Å². The summed E-state index contributed by atoms with van der Waals surface area (Å²) in [6, 6.07) is 23.4. The largest absolute Gasteiger partial charge is 0.497 e. The van der Waals surface area contributed by atoms with Crippen LogP contribution in [0, 0.1) is 6.92 Å². The Morgan fingerprint density at radius 3 is 2.53 bits per heavy atom. The predicted octanol–water partition coefficient (Wildman–Crippen LogP) is 5.19. The second-order valence-corrected chi connectivity index (χ2v) is 10.2. The van der Waals surface area contributed by atoms with Crippen molar-refractivity contribution in [1.29, 1.82) is 0 Å². The van der Waals surface area contributed by atoms with Gasteiger partial charge < -0.3 is 14.8 Å². The molecule has 0 radical (unpaired) electrons. The van der Waals surface area contributed by atoms with Gasteiger partial charge in [0.2, 0.25) is 5.91 Å². The number of hydrogen-bond acceptors (Lipinski definition) is 7. The number of rotatable bonds is 7. The fraction of sp³-hybridized carbons (Fsp3) is 0.241. The molecular formula is C29H28N4O4S. The number of hydrazone groups is 1. The number of aliphatic imine (C=N–C) groups is 1. The van der Waals surface area contributed by atoms with Crippen LogP contribution in [0.4, 0.5) is 5.69 Å². The number of nitrogens with zero attached hydrogens (tertiary/aromatic N) is 3. The van der Waals surface area contributed by atoms with Crippen LogP contribution >= 0.6 is 11.8 Å². The second kappa shape index (κ2) is 11.1. The summed E-state index contributed by atoms with van der Waals surface area (Å²) in [6.45, 7) is 2.05. The van der Waals surface area contributed by atoms with E-state index in [9.17, 15) is 9.59 Å². The fourth-order valence-electron chi connectivity index (χ4n) is 4.43. The first-order valence-electron chi connectivity index (χ1n) is 12.2. The normalized spacial score (nSPS) is 18.7. The van der Waals surface area contributed by atoms with Crippen molar-refractivity contribution in [2.75, 3.05) is 19.5 Å². The molecule has 38 heavy (non-hydrogen) atoms. The van der Waals surface area contributed by atoms with Crippen molar-refractivity contribution in [2.24, 2.45) is 10.1 Å². The third-order valence-electron chi connectivity index (χ3n) is 6.46. The zero-order chi connectivity index (χ0) is 26.6. The van der Waals surface area contributed by atoms with E-state index in [-0.39, 0.29) is 24.3 Å². The van der Waals surface area contributed by atoms with Crippen LogP contribution in [0.5, 0.6) is 11.5 Å². The summed E-state index contributed by atoms with van der Waals surface area (Å²) in [5.74, 6) is 0.427. The minimum Gasteiger partial charge on any atom is -0.497 e. The molecule has 2 atom stereocenters. The zero-order valence-corrected chi connectivity index (χ0v) is 22.2. The van der Waals surface area contributed by atoms with Gasteiger partial charge in [-0.2, -0.15) is 10.1 Å². The first-order chi connectivity index (χ1) is 18.4. The SMILES string of the molecule is COc1ccc(OC)c(NC(=O)C[C@H]2SC(N3N=C(c4ccc(C)cc4)C[C@@H]3c3ccccc3)=NC2=O)c1. The molecule has 2 heterocycles. The van der Waals surface area contributed by atoms with Gasteiger partial charge in [0.25, 0.3) is 5.91 Å². The Morgan fingerprint density at radius 2 is 1.82 bits per heavy atom. The molecule has 9 heteroatoms. The quantitative estimate of drug-likeness (QED) is 0.454. The van der Waals surface area contributed by atoms with Crippen molar-refractivity contribution >= 4 is 40.1 Å². The van der Waals surface area contributed by atoms with Gasteiger partial charge in [-0.15, -0.1) is 0 Å². The van der Waals surface area contributed by atoms with Crippen LogP contribution in [0.15, 0.2) is 82.9 Å². The number of amides is 2. The summed E-state index contributed by atoms with van der Waals surface area (Å²) in [5.41, 5.74) is 4.71. The smallest absolute Gasteiger partial charge is 0.262 e. The Hall–Kier alpha value is -4.11. The summed E-state index contributed by atoms with van der Waals surface area (Å²) in [4.78, 5) is 30.1. The van der Waals surface area contributed by atoms with E-state index in [0.29, 0.717) is 28.8 Å². The lowest BCUT2D eigenvalue weighted by atomic mass is 9.98. The number of methoxy groups -OCH3 is 2. The van der Waals surface area contributed by atoms with Gasteiger partial charge in [0, 0.05) is 18.9 Å². The van der Waals surface area contributed by atoms with Crippen molar-refractivity contribution in [3.05, 3.63) is 89.5 Å². The lowest BCUT2D eigenvalue weighted by molar-refractivity contribution is -0.121. The van der Waals surface area contributed by atoms with Crippen LogP contribution in [0.3, 0.4) is 0 Å². The molecule has 0 fully saturated rings. The summed E-state index contributed by atoms with van der Waals surface area (Å²) in [6.07, 6.45) is 0.650. The number of benzene rings is 3. The molecular weight excluding hydrogens is 500 g/mol. The highest BCUT2D eigenvalue weighted by Crippen LogP contribution is 2.39. The summed E-state index contributed by atoms with van der Waals surface area (Å²) >= 11 is 1.27. The van der Waals surface area contributed by atoms with Crippen LogP contribution in [0.1, 0.15) is 35.6 Å². The molecule has 0 saturated carbocycles. The molecule has 5 rings (SSSR count). The minimum atomic E-state index is -0.642. The molecule has 2 aliphatic heterocycles. The number of amidine groups is 1. The number of carbonyl (C=O) groups excluding carboxylic acids is 2. The number of anilines is 1. The van der Waals surface area contributed by atoms with Gasteiger partial charge in [-0.3, -0.25) is 9.59 Å². The van der Waals surface area contributed by atoms with Crippen LogP contribution < -0.4 is 14.8 Å². The molecule has 0 aromatic heterocycles. The van der Waals surface area contributed by atoms with Crippen molar-refractivity contribution in [2.45, 2.75) is 31.1 Å². The van der Waals surface area contributed by atoms with Gasteiger partial charge in [0.05, 0.1) is 31.7 Å². The van der Waals surface area contributed by atoms with Crippen LogP contribution in [0.2, 0.25) is 0 Å². The topological polar surface area (TPSA) is 92.6 Å². The molecule has 0 unspecified atom stereocenters. The third-order valence-corrected chi connectivity index (χ3v) is 7.60. The molecule has 2 aliphatic rings. The Bertz CT molecular complexity index is 1410. The van der Waals surface area contributed by atoms with Gasteiger partial charge in [-0.1, -0.05) is 71.9 Å². The Morgan fingerprint density at radius 1 is 1.05 bits per heavy atom. The van der Waals surface area contributed by atoms with Gasteiger partial charge in [0.1, 0.15) is 16.7 Å². The van der Waals surface area contributed by atoms with E-state index in [1.165, 1.54) is 24.4 Å². The van der Waals surface area contributed by atoms with E-state index in [1.54, 1.807) is 25.3 Å². The molecule has 3 aromatic rings. The monoisotopic (exact) mass is 528 g/mol. The number of aryl methyl sites for hydroxylation is 1. The Balaban J connectivity index is 1.33. The summed E-state index contributed by atoms with van der Waals surface area (Å²) < 4.78 is 10.6. The molecule has 0 saturated heterocycles. The van der Waals surface area contributed by atoms with E-state index in [0.717, 1.165) is 16.8 Å². The number of ether oxygens (including phenoxy) is 2. The van der Waals surface area contributed by atoms with Crippen molar-refractivity contribution in [1.82, 2.24) is 5.01 Å². The highest BCUT2D eigenvalue weighted by atomic mass is 32.2. The van der Waals surface area contributed by atoms with E-state index in [2.05, 4.69) is 53.6 Å². The van der Waals surface area contributed by atoms with Gasteiger partial charge >= 0.3 is 0 Å². The molecule has 0 bridgehead atoms. The molecule has 2 amide bonds. The highest BCUT2D eigenvalue weighted by molar-refractivity contribution is 8.15. The van der Waals surface area contributed by atoms with Gasteiger partial charge in [-0.05, 0) is 30.2 Å². The summed E-state index contributed by atoms with van der Waals surface area (Å²) in [5, 5.41) is 9.42. The number of hydrogen-bond donors (Lipinski definition) is 1. The fourth-order valence-corrected chi connectivity index (χ4v) is 5.49. The molecule has 0 spiro atoms. The number of carbonyl (C=O) groups is 2. The average Bonchev–Trinajstić information content (AvgIpc) is 3.53. The van der Waals surface area contributed by atoms with E-state index in [1.807, 2.05) is 23.2 Å². The Labute approximate surface area is 225 Å². The first-order valence-corrected chi connectivity index (χ1v) is 13.1. The second-order valence-electron chi connectivity index (χ2n) is 9.05. The maximum atomic E-state index is 12.9. The lowest BCUT2D eigenvalue weighted by Crippen LogP contribution is -2.25. The molecule has 1 N–H and O–H groups in total. The third kappa shape index (κ3) is 5.43. The van der Waals surface area contributed by atoms with Crippen LogP contribution in [0.25, 0.3) is 0 Å². The molecule has 3 aromatic carbocycles. The van der Waals surface area contributed by atoms with Crippen molar-refractivity contribution in [3.8, 4) is 11.5 Å². The lowest BCUT2D eigenvalue weighted by Gasteiger charge is -2.23. The Kier molecular flexibility index (Phi) is 7.46. The van der Waals surface area contributed by atoms with Crippen molar-refractivity contribution in [3.63, 3.8) is 0 Å². The van der Waals surface area contributed by atoms with E-state index >= 15 is 0 Å². The maximum Gasteiger partial charge on any atom is 0.262 e. The van der Waals surface area contributed by atoms with Gasteiger partial charge in [-0.25, -0.2) is 5.01 Å². The van der Waals surface area contributed by atoms with Gasteiger partial charge in [0.15, 0.2) is 5.17 Å². The van der Waals surface area contributed by atoms with E-state index < -0.39 is 5.25 Å². The standard InChI is InChI=1S/C29H28N4O4S/c1-18-9-11-19(12-10-18)22-16-24(20-7-5-4-6-8-20)33(32-22)29-31-28(35)26(38-29)17-27(34)30-23-15-21(36-2)13-14-25(23)37-3/h4-15,24,26H,16-17H2,1-3H3,(H,30,34)/t24-,26-/m1/s1. The predicted molar refractivity (Wildman–Crippen MR) is 150 cm³/mol. The average molecular weight is 529 g/mol. The van der Waals surface area contributed by atoms with Crippen LogP contribution in [-0.2, 0) is 9.59 Å². The molecule has 8 nitrogen and oxygen atoms in total. The zero-order valence-electron chi connectivity index (χ0n) is 21.4. The molecule has 194 valence electrons. The molecule has 0 aliphatic carbocycles. The minimum absolute atomic E-state index is 0.0325. The number of nitrogens with one attached hydrogen (secondary N) is 1. The van der Waals surface area contributed by atoms with Crippen molar-refractivity contribution < 1.29 is 19.1 Å². The number of thioether (sulfide) groups is 1. The first kappa shape index (κ1) is 25.5. The van der Waals surface area contributed by atoms with Crippen LogP contribution in [-0.4, -0.2) is 47.2 Å².